The number of halogens is 2. The van der Waals surface area contributed by atoms with E-state index in [1.165, 1.54) is 6.07 Å². The number of thioether (sulfide) groups is 1. The summed E-state index contributed by atoms with van der Waals surface area (Å²) in [6.07, 6.45) is 2.75. The molecule has 0 spiro atoms. The molecule has 2 rings (SSSR count). The first-order valence-corrected chi connectivity index (χ1v) is 7.68. The molecule has 1 saturated heterocycles. The van der Waals surface area contributed by atoms with Gasteiger partial charge < -0.3 is 0 Å². The standard InChI is InChI=1S/C13H14BrFOS/c14-13-10(2-1-3-11(13)15)12(16)8-9-4-6-17-7-5-9/h1-3,9H,4-8H2. The summed E-state index contributed by atoms with van der Waals surface area (Å²) >= 11 is 5.09. The average Bonchev–Trinajstić information content (AvgIpc) is 2.34. The number of ketones is 1. The smallest absolute Gasteiger partial charge is 0.164 e. The molecule has 0 bridgehead atoms. The minimum Gasteiger partial charge on any atom is -0.294 e. The van der Waals surface area contributed by atoms with Gasteiger partial charge in [-0.15, -0.1) is 0 Å². The van der Waals surface area contributed by atoms with Crippen LogP contribution in [0.25, 0.3) is 0 Å². The molecule has 0 saturated carbocycles. The van der Waals surface area contributed by atoms with E-state index < -0.39 is 0 Å². The Kier molecular flexibility index (Phi) is 4.62. The molecule has 0 unspecified atom stereocenters. The van der Waals surface area contributed by atoms with Crippen molar-refractivity contribution in [1.29, 1.82) is 0 Å². The number of Topliss-reactive ketones (excluding diaryl/α,β-unsaturated/α-hetero) is 1. The van der Waals surface area contributed by atoms with Crippen LogP contribution in [-0.2, 0) is 0 Å². The first-order chi connectivity index (χ1) is 8.18. The van der Waals surface area contributed by atoms with Crippen molar-refractivity contribution in [1.82, 2.24) is 0 Å². The normalized spacial score (nSPS) is 17.1. The van der Waals surface area contributed by atoms with Crippen LogP contribution in [0, 0.1) is 11.7 Å². The average molecular weight is 317 g/mol. The van der Waals surface area contributed by atoms with E-state index in [1.807, 2.05) is 11.8 Å². The fourth-order valence-corrected chi connectivity index (χ4v) is 3.73. The highest BCUT2D eigenvalue weighted by molar-refractivity contribution is 9.10. The van der Waals surface area contributed by atoms with E-state index in [-0.39, 0.29) is 11.6 Å². The van der Waals surface area contributed by atoms with Crippen LogP contribution < -0.4 is 0 Å². The Morgan fingerprint density at radius 1 is 1.41 bits per heavy atom. The summed E-state index contributed by atoms with van der Waals surface area (Å²) < 4.78 is 13.6. The van der Waals surface area contributed by atoms with E-state index in [1.54, 1.807) is 12.1 Å². The van der Waals surface area contributed by atoms with E-state index in [9.17, 15) is 9.18 Å². The molecule has 1 fully saturated rings. The molecule has 0 radical (unpaired) electrons. The number of hydrogen-bond acceptors (Lipinski definition) is 2. The Bertz CT molecular complexity index is 416. The molecule has 1 aromatic carbocycles. The van der Waals surface area contributed by atoms with Crippen LogP contribution in [0.15, 0.2) is 22.7 Å². The molecule has 92 valence electrons. The summed E-state index contributed by atoms with van der Waals surface area (Å²) in [6, 6.07) is 4.63. The molecular weight excluding hydrogens is 303 g/mol. The highest BCUT2D eigenvalue weighted by Gasteiger charge is 2.20. The fourth-order valence-electron chi connectivity index (χ4n) is 2.04. The predicted octanol–water partition coefficient (Wildman–Crippen LogP) is 4.30. The van der Waals surface area contributed by atoms with Gasteiger partial charge in [-0.05, 0) is 52.3 Å². The van der Waals surface area contributed by atoms with Crippen molar-refractivity contribution in [3.8, 4) is 0 Å². The van der Waals surface area contributed by atoms with Gasteiger partial charge >= 0.3 is 0 Å². The second-order valence-corrected chi connectivity index (χ2v) is 6.30. The fraction of sp³-hybridized carbons (Fsp3) is 0.462. The van der Waals surface area contributed by atoms with Crippen molar-refractivity contribution < 1.29 is 9.18 Å². The maximum atomic E-state index is 13.3. The van der Waals surface area contributed by atoms with Gasteiger partial charge in [-0.3, -0.25) is 4.79 Å². The minimum atomic E-state index is -0.366. The number of rotatable bonds is 3. The molecule has 1 aliphatic rings. The van der Waals surface area contributed by atoms with Crippen molar-refractivity contribution in [2.75, 3.05) is 11.5 Å². The van der Waals surface area contributed by atoms with Gasteiger partial charge in [0.2, 0.25) is 0 Å². The van der Waals surface area contributed by atoms with E-state index in [0.29, 0.717) is 22.4 Å². The van der Waals surface area contributed by atoms with Crippen LogP contribution in [0.3, 0.4) is 0 Å². The van der Waals surface area contributed by atoms with E-state index >= 15 is 0 Å². The van der Waals surface area contributed by atoms with Crippen LogP contribution in [-0.4, -0.2) is 17.3 Å². The van der Waals surface area contributed by atoms with Gasteiger partial charge in [-0.25, -0.2) is 4.39 Å². The molecule has 0 amide bonds. The first-order valence-electron chi connectivity index (χ1n) is 5.73. The number of hydrogen-bond donors (Lipinski definition) is 0. The third-order valence-electron chi connectivity index (χ3n) is 3.07. The van der Waals surface area contributed by atoms with Crippen molar-refractivity contribution in [2.24, 2.45) is 5.92 Å². The SMILES string of the molecule is O=C(CC1CCSCC1)c1cccc(F)c1Br. The Labute approximate surface area is 113 Å². The van der Waals surface area contributed by atoms with Crippen LogP contribution >= 0.6 is 27.7 Å². The topological polar surface area (TPSA) is 17.1 Å². The predicted molar refractivity (Wildman–Crippen MR) is 73.1 cm³/mol. The van der Waals surface area contributed by atoms with Gasteiger partial charge in [0.05, 0.1) is 4.47 Å². The largest absolute Gasteiger partial charge is 0.294 e. The molecule has 1 aliphatic heterocycles. The summed E-state index contributed by atoms with van der Waals surface area (Å²) in [5.41, 5.74) is 0.475. The van der Waals surface area contributed by atoms with Crippen molar-refractivity contribution in [2.45, 2.75) is 19.3 Å². The first kappa shape index (κ1) is 13.1. The van der Waals surface area contributed by atoms with Crippen molar-refractivity contribution >= 4 is 33.5 Å². The minimum absolute atomic E-state index is 0.0493. The Balaban J connectivity index is 2.06. The van der Waals surface area contributed by atoms with Gasteiger partial charge in [-0.1, -0.05) is 12.1 Å². The monoisotopic (exact) mass is 316 g/mol. The molecule has 0 N–H and O–H groups in total. The second kappa shape index (κ2) is 6.01. The third-order valence-corrected chi connectivity index (χ3v) is 4.92. The molecule has 0 atom stereocenters. The van der Waals surface area contributed by atoms with Crippen LogP contribution in [0.4, 0.5) is 4.39 Å². The third kappa shape index (κ3) is 3.32. The zero-order valence-electron chi connectivity index (χ0n) is 9.42. The lowest BCUT2D eigenvalue weighted by Gasteiger charge is -2.20. The summed E-state index contributed by atoms with van der Waals surface area (Å²) in [6.45, 7) is 0. The number of carbonyl (C=O) groups is 1. The number of benzene rings is 1. The molecular formula is C13H14BrFOS. The molecule has 1 heterocycles. The molecule has 4 heteroatoms. The summed E-state index contributed by atoms with van der Waals surface area (Å²) in [7, 11) is 0. The van der Waals surface area contributed by atoms with Gasteiger partial charge in [0.25, 0.3) is 0 Å². The van der Waals surface area contributed by atoms with Gasteiger partial charge in [0.15, 0.2) is 5.78 Å². The quantitative estimate of drug-likeness (QED) is 0.773. The lowest BCUT2D eigenvalue weighted by molar-refractivity contribution is 0.0957. The van der Waals surface area contributed by atoms with Crippen molar-refractivity contribution in [3.63, 3.8) is 0 Å². The van der Waals surface area contributed by atoms with Crippen LogP contribution in [0.5, 0.6) is 0 Å². The maximum Gasteiger partial charge on any atom is 0.164 e. The Morgan fingerprint density at radius 3 is 2.82 bits per heavy atom. The van der Waals surface area contributed by atoms with Gasteiger partial charge in [0, 0.05) is 12.0 Å². The zero-order chi connectivity index (χ0) is 12.3. The highest BCUT2D eigenvalue weighted by atomic mass is 79.9. The lowest BCUT2D eigenvalue weighted by atomic mass is 9.93. The molecule has 0 aromatic heterocycles. The Morgan fingerprint density at radius 2 is 2.12 bits per heavy atom. The zero-order valence-corrected chi connectivity index (χ0v) is 11.8. The molecule has 17 heavy (non-hydrogen) atoms. The van der Waals surface area contributed by atoms with E-state index in [4.69, 9.17) is 0 Å². The van der Waals surface area contributed by atoms with Gasteiger partial charge in [0.1, 0.15) is 5.82 Å². The maximum absolute atomic E-state index is 13.3. The van der Waals surface area contributed by atoms with E-state index in [2.05, 4.69) is 15.9 Å². The van der Waals surface area contributed by atoms with E-state index in [0.717, 1.165) is 24.3 Å². The summed E-state index contributed by atoms with van der Waals surface area (Å²) in [4.78, 5) is 12.1. The van der Waals surface area contributed by atoms with Crippen LogP contribution in [0.1, 0.15) is 29.6 Å². The number of carbonyl (C=O) groups excluding carboxylic acids is 1. The second-order valence-electron chi connectivity index (χ2n) is 4.28. The molecule has 1 aromatic rings. The molecule has 1 nitrogen and oxygen atoms in total. The van der Waals surface area contributed by atoms with Crippen molar-refractivity contribution in [3.05, 3.63) is 34.1 Å². The summed E-state index contributed by atoms with van der Waals surface area (Å²) in [5, 5.41) is 0. The lowest BCUT2D eigenvalue weighted by Crippen LogP contribution is -2.15. The summed E-state index contributed by atoms with van der Waals surface area (Å²) in [5.74, 6) is 2.44. The highest BCUT2D eigenvalue weighted by Crippen LogP contribution is 2.28. The van der Waals surface area contributed by atoms with Crippen LogP contribution in [0.2, 0.25) is 0 Å². The Hall–Kier alpha value is -0.350. The van der Waals surface area contributed by atoms with Gasteiger partial charge in [-0.2, -0.15) is 11.8 Å². The molecule has 0 aliphatic carbocycles.